The van der Waals surface area contributed by atoms with E-state index in [-0.39, 0.29) is 5.56 Å². The van der Waals surface area contributed by atoms with Gasteiger partial charge in [0.25, 0.3) is 5.56 Å². The molecular weight excluding hydrogens is 214 g/mol. The van der Waals surface area contributed by atoms with Gasteiger partial charge in [-0.15, -0.1) is 0 Å². The van der Waals surface area contributed by atoms with Crippen LogP contribution in [0, 0.1) is 6.92 Å². The second kappa shape index (κ2) is 4.82. The van der Waals surface area contributed by atoms with Crippen LogP contribution in [0.1, 0.15) is 11.1 Å². The van der Waals surface area contributed by atoms with Gasteiger partial charge in [-0.05, 0) is 24.6 Å². The highest BCUT2D eigenvalue weighted by atomic mass is 16.1. The highest BCUT2D eigenvalue weighted by Crippen LogP contribution is 2.05. The van der Waals surface area contributed by atoms with Gasteiger partial charge < -0.3 is 9.88 Å². The lowest BCUT2D eigenvalue weighted by atomic mass is 10.2. The summed E-state index contributed by atoms with van der Waals surface area (Å²) in [5.41, 5.74) is 1.81. The predicted molar refractivity (Wildman–Crippen MR) is 68.3 cm³/mol. The number of hydrogen-bond donors (Lipinski definition) is 1. The minimum absolute atomic E-state index is 0.0465. The summed E-state index contributed by atoms with van der Waals surface area (Å²) in [5, 5.41) is 2.96. The van der Waals surface area contributed by atoms with Gasteiger partial charge in [0.2, 0.25) is 0 Å². The number of aryl methyl sites for hydroxylation is 1. The van der Waals surface area contributed by atoms with Crippen LogP contribution in [0.3, 0.4) is 0 Å². The summed E-state index contributed by atoms with van der Waals surface area (Å²) >= 11 is 0. The molecule has 4 nitrogen and oxygen atoms in total. The SMILES string of the molecule is CNc1ccc(Cn2cccc(C)c2=O)cn1. The molecule has 0 aliphatic carbocycles. The van der Waals surface area contributed by atoms with Gasteiger partial charge in [0, 0.05) is 25.0 Å². The van der Waals surface area contributed by atoms with E-state index < -0.39 is 0 Å². The molecule has 0 amide bonds. The Morgan fingerprint density at radius 2 is 2.18 bits per heavy atom. The first-order valence-corrected chi connectivity index (χ1v) is 5.49. The third kappa shape index (κ3) is 2.53. The van der Waals surface area contributed by atoms with Crippen molar-refractivity contribution in [1.82, 2.24) is 9.55 Å². The van der Waals surface area contributed by atoms with E-state index in [1.54, 1.807) is 17.0 Å². The predicted octanol–water partition coefficient (Wildman–Crippen LogP) is 1.64. The number of aromatic nitrogens is 2. The van der Waals surface area contributed by atoms with Crippen molar-refractivity contribution in [3.05, 3.63) is 58.1 Å². The van der Waals surface area contributed by atoms with Gasteiger partial charge in [0.05, 0.1) is 6.54 Å². The van der Waals surface area contributed by atoms with Crippen LogP contribution in [0.2, 0.25) is 0 Å². The van der Waals surface area contributed by atoms with Gasteiger partial charge in [-0.1, -0.05) is 12.1 Å². The van der Waals surface area contributed by atoms with Crippen LogP contribution in [0.5, 0.6) is 0 Å². The monoisotopic (exact) mass is 229 g/mol. The van der Waals surface area contributed by atoms with E-state index in [0.717, 1.165) is 16.9 Å². The van der Waals surface area contributed by atoms with Crippen molar-refractivity contribution >= 4 is 5.82 Å². The quantitative estimate of drug-likeness (QED) is 0.870. The number of pyridine rings is 2. The molecule has 2 aromatic rings. The molecular formula is C13H15N3O. The third-order valence-corrected chi connectivity index (χ3v) is 2.64. The molecule has 0 unspecified atom stereocenters. The molecule has 0 aromatic carbocycles. The first-order chi connectivity index (χ1) is 8.20. The van der Waals surface area contributed by atoms with Crippen LogP contribution < -0.4 is 10.9 Å². The molecule has 0 radical (unpaired) electrons. The van der Waals surface area contributed by atoms with Gasteiger partial charge in [-0.3, -0.25) is 4.79 Å². The standard InChI is InChI=1S/C13H15N3O/c1-10-4-3-7-16(13(10)17)9-11-5-6-12(14-2)15-8-11/h3-8H,9H2,1-2H3,(H,14,15). The van der Waals surface area contributed by atoms with Gasteiger partial charge in [-0.2, -0.15) is 0 Å². The average molecular weight is 229 g/mol. The molecule has 0 atom stereocenters. The molecule has 0 fully saturated rings. The summed E-state index contributed by atoms with van der Waals surface area (Å²) in [6, 6.07) is 7.57. The van der Waals surface area contributed by atoms with E-state index in [4.69, 9.17) is 0 Å². The van der Waals surface area contributed by atoms with Gasteiger partial charge in [0.1, 0.15) is 5.82 Å². The smallest absolute Gasteiger partial charge is 0.253 e. The lowest BCUT2D eigenvalue weighted by Crippen LogP contribution is -2.21. The molecule has 0 saturated heterocycles. The van der Waals surface area contributed by atoms with Crippen molar-refractivity contribution in [3.8, 4) is 0 Å². The molecule has 1 N–H and O–H groups in total. The highest BCUT2D eigenvalue weighted by molar-refractivity contribution is 5.34. The Bertz CT molecular complexity index is 558. The Morgan fingerprint density at radius 1 is 1.35 bits per heavy atom. The van der Waals surface area contributed by atoms with Crippen molar-refractivity contribution in [2.75, 3.05) is 12.4 Å². The zero-order valence-corrected chi connectivity index (χ0v) is 9.97. The minimum Gasteiger partial charge on any atom is -0.373 e. The van der Waals surface area contributed by atoms with Crippen LogP contribution in [-0.2, 0) is 6.54 Å². The summed E-state index contributed by atoms with van der Waals surface area (Å²) in [7, 11) is 1.83. The number of rotatable bonds is 3. The summed E-state index contributed by atoms with van der Waals surface area (Å²) in [5.74, 6) is 0.824. The normalized spacial score (nSPS) is 10.2. The molecule has 0 bridgehead atoms. The van der Waals surface area contributed by atoms with Crippen molar-refractivity contribution in [3.63, 3.8) is 0 Å². The first kappa shape index (κ1) is 11.4. The van der Waals surface area contributed by atoms with Gasteiger partial charge in [0.15, 0.2) is 0 Å². The van der Waals surface area contributed by atoms with Crippen molar-refractivity contribution < 1.29 is 0 Å². The summed E-state index contributed by atoms with van der Waals surface area (Å²) < 4.78 is 1.69. The van der Waals surface area contributed by atoms with Crippen molar-refractivity contribution in [2.45, 2.75) is 13.5 Å². The summed E-state index contributed by atoms with van der Waals surface area (Å²) in [4.78, 5) is 16.0. The average Bonchev–Trinajstić information content (AvgIpc) is 2.36. The number of nitrogens with zero attached hydrogens (tertiary/aromatic N) is 2. The molecule has 0 aliphatic heterocycles. The Hall–Kier alpha value is -2.10. The topological polar surface area (TPSA) is 46.9 Å². The maximum Gasteiger partial charge on any atom is 0.253 e. The fourth-order valence-corrected chi connectivity index (χ4v) is 1.64. The Kier molecular flexibility index (Phi) is 3.23. The van der Waals surface area contributed by atoms with Crippen LogP contribution in [0.25, 0.3) is 0 Å². The molecule has 0 spiro atoms. The lowest BCUT2D eigenvalue weighted by Gasteiger charge is -2.07. The van der Waals surface area contributed by atoms with E-state index in [1.165, 1.54) is 0 Å². The summed E-state index contributed by atoms with van der Waals surface area (Å²) in [6.45, 7) is 2.37. The Balaban J connectivity index is 2.25. The fourth-order valence-electron chi connectivity index (χ4n) is 1.64. The van der Waals surface area contributed by atoms with Crippen molar-refractivity contribution in [1.29, 1.82) is 0 Å². The Labute approximate surface area is 99.9 Å². The molecule has 4 heteroatoms. The zero-order valence-electron chi connectivity index (χ0n) is 9.97. The second-order valence-corrected chi connectivity index (χ2v) is 3.93. The number of anilines is 1. The van der Waals surface area contributed by atoms with E-state index >= 15 is 0 Å². The largest absolute Gasteiger partial charge is 0.373 e. The molecule has 17 heavy (non-hydrogen) atoms. The molecule has 2 aromatic heterocycles. The van der Waals surface area contributed by atoms with Crippen molar-refractivity contribution in [2.24, 2.45) is 0 Å². The van der Waals surface area contributed by atoms with E-state index in [0.29, 0.717) is 6.54 Å². The maximum atomic E-state index is 11.8. The second-order valence-electron chi connectivity index (χ2n) is 3.93. The van der Waals surface area contributed by atoms with Crippen LogP contribution in [0.15, 0.2) is 41.5 Å². The Morgan fingerprint density at radius 3 is 2.82 bits per heavy atom. The van der Waals surface area contributed by atoms with Crippen LogP contribution in [0.4, 0.5) is 5.82 Å². The highest BCUT2D eigenvalue weighted by Gasteiger charge is 2.00. The first-order valence-electron chi connectivity index (χ1n) is 5.49. The molecule has 2 heterocycles. The van der Waals surface area contributed by atoms with E-state index in [1.807, 2.05) is 38.2 Å². The maximum absolute atomic E-state index is 11.8. The molecule has 2 rings (SSSR count). The van der Waals surface area contributed by atoms with Gasteiger partial charge in [-0.25, -0.2) is 4.98 Å². The molecule has 88 valence electrons. The van der Waals surface area contributed by atoms with E-state index in [2.05, 4.69) is 10.3 Å². The number of hydrogen-bond acceptors (Lipinski definition) is 3. The zero-order chi connectivity index (χ0) is 12.3. The number of nitrogens with one attached hydrogen (secondary N) is 1. The van der Waals surface area contributed by atoms with Crippen LogP contribution in [-0.4, -0.2) is 16.6 Å². The fraction of sp³-hybridized carbons (Fsp3) is 0.231. The summed E-state index contributed by atoms with van der Waals surface area (Å²) in [6.07, 6.45) is 3.57. The lowest BCUT2D eigenvalue weighted by molar-refractivity contribution is 0.750. The van der Waals surface area contributed by atoms with Crippen LogP contribution >= 0.6 is 0 Å². The molecule has 0 aliphatic rings. The minimum atomic E-state index is 0.0465. The molecule has 0 saturated carbocycles. The third-order valence-electron chi connectivity index (χ3n) is 2.64. The van der Waals surface area contributed by atoms with E-state index in [9.17, 15) is 4.79 Å². The van der Waals surface area contributed by atoms with Gasteiger partial charge >= 0.3 is 0 Å².